The largest absolute Gasteiger partial charge is 0.345 e. The number of thiophene rings is 1. The third kappa shape index (κ3) is 2.58. The highest BCUT2D eigenvalue weighted by atomic mass is 32.1. The molecule has 4 nitrogen and oxygen atoms in total. The van der Waals surface area contributed by atoms with Gasteiger partial charge in [-0.1, -0.05) is 0 Å². The molecular formula is C14H17N3OS2. The average molecular weight is 307 g/mol. The predicted molar refractivity (Wildman–Crippen MR) is 84.0 cm³/mol. The van der Waals surface area contributed by atoms with Crippen LogP contribution in [0.1, 0.15) is 20.1 Å². The maximum atomic E-state index is 12.5. The van der Waals surface area contributed by atoms with Gasteiger partial charge >= 0.3 is 0 Å². The van der Waals surface area contributed by atoms with Crippen molar-refractivity contribution in [2.24, 2.45) is 0 Å². The van der Waals surface area contributed by atoms with Gasteiger partial charge in [-0.05, 0) is 25.5 Å². The topological polar surface area (TPSA) is 36.4 Å². The highest BCUT2D eigenvalue weighted by Gasteiger charge is 2.24. The van der Waals surface area contributed by atoms with Crippen LogP contribution < -0.4 is 4.90 Å². The molecule has 3 heterocycles. The zero-order chi connectivity index (χ0) is 14.1. The van der Waals surface area contributed by atoms with Crippen molar-refractivity contribution in [1.29, 1.82) is 0 Å². The van der Waals surface area contributed by atoms with Gasteiger partial charge in [-0.15, -0.1) is 22.7 Å². The summed E-state index contributed by atoms with van der Waals surface area (Å²) in [6, 6.07) is 2.01. The Kier molecular flexibility index (Phi) is 3.76. The maximum absolute atomic E-state index is 12.5. The first-order chi connectivity index (χ1) is 9.65. The molecule has 1 aliphatic heterocycles. The first kappa shape index (κ1) is 13.6. The average Bonchev–Trinajstić information content (AvgIpc) is 3.09. The Bertz CT molecular complexity index is 578. The molecule has 0 unspecified atom stereocenters. The summed E-state index contributed by atoms with van der Waals surface area (Å²) in [4.78, 5) is 23.1. The second-order valence-corrected chi connectivity index (χ2v) is 7.07. The molecule has 2 aromatic rings. The summed E-state index contributed by atoms with van der Waals surface area (Å²) in [5.41, 5.74) is 1.21. The summed E-state index contributed by atoms with van der Waals surface area (Å²) in [7, 11) is 0. The van der Waals surface area contributed by atoms with Gasteiger partial charge in [0.05, 0.1) is 4.88 Å². The molecule has 2 aromatic heterocycles. The van der Waals surface area contributed by atoms with Crippen LogP contribution in [0.15, 0.2) is 17.6 Å². The smallest absolute Gasteiger partial charge is 0.264 e. The SMILES string of the molecule is Cc1cc(C(=O)N2CCN(c3nccs3)CC2)sc1C. The van der Waals surface area contributed by atoms with E-state index in [9.17, 15) is 4.79 Å². The first-order valence-corrected chi connectivity index (χ1v) is 8.35. The molecule has 1 saturated heterocycles. The van der Waals surface area contributed by atoms with E-state index in [-0.39, 0.29) is 5.91 Å². The Morgan fingerprint density at radius 1 is 1.25 bits per heavy atom. The standard InChI is InChI=1S/C14H17N3OS2/c1-10-9-12(20-11(10)2)13(18)16-4-6-17(7-5-16)14-15-3-8-19-14/h3,8-9H,4-7H2,1-2H3. The molecule has 20 heavy (non-hydrogen) atoms. The van der Waals surface area contributed by atoms with Gasteiger partial charge in [-0.25, -0.2) is 4.98 Å². The molecule has 3 rings (SSSR count). The number of amides is 1. The Hall–Kier alpha value is -1.40. The Morgan fingerprint density at radius 3 is 2.55 bits per heavy atom. The van der Waals surface area contributed by atoms with E-state index in [1.807, 2.05) is 22.5 Å². The number of anilines is 1. The Labute approximate surface area is 126 Å². The van der Waals surface area contributed by atoms with Crippen molar-refractivity contribution in [3.8, 4) is 0 Å². The van der Waals surface area contributed by atoms with E-state index in [2.05, 4.69) is 23.7 Å². The number of carbonyl (C=O) groups excluding carboxylic acids is 1. The number of thiazole rings is 1. The molecule has 1 fully saturated rings. The lowest BCUT2D eigenvalue weighted by atomic mass is 10.2. The molecule has 0 atom stereocenters. The number of piperazine rings is 1. The molecule has 106 valence electrons. The number of hydrogen-bond donors (Lipinski definition) is 0. The highest BCUT2D eigenvalue weighted by Crippen LogP contribution is 2.24. The van der Waals surface area contributed by atoms with E-state index in [0.717, 1.165) is 36.2 Å². The fourth-order valence-corrected chi connectivity index (χ4v) is 4.01. The van der Waals surface area contributed by atoms with Crippen molar-refractivity contribution in [2.45, 2.75) is 13.8 Å². The van der Waals surface area contributed by atoms with Crippen LogP contribution in [0.4, 0.5) is 5.13 Å². The van der Waals surface area contributed by atoms with Crippen LogP contribution in [-0.2, 0) is 0 Å². The number of hydrogen-bond acceptors (Lipinski definition) is 5. The van der Waals surface area contributed by atoms with Gasteiger partial charge in [0, 0.05) is 42.6 Å². The van der Waals surface area contributed by atoms with Crippen LogP contribution in [0.3, 0.4) is 0 Å². The zero-order valence-corrected chi connectivity index (χ0v) is 13.3. The third-order valence-corrected chi connectivity index (χ3v) is 5.61. The molecule has 0 aliphatic carbocycles. The first-order valence-electron chi connectivity index (χ1n) is 6.66. The van der Waals surface area contributed by atoms with E-state index in [4.69, 9.17) is 0 Å². The minimum absolute atomic E-state index is 0.171. The van der Waals surface area contributed by atoms with E-state index in [1.165, 1.54) is 10.4 Å². The van der Waals surface area contributed by atoms with Crippen LogP contribution >= 0.6 is 22.7 Å². The van der Waals surface area contributed by atoms with Gasteiger partial charge < -0.3 is 9.80 Å². The summed E-state index contributed by atoms with van der Waals surface area (Å²) in [6.07, 6.45) is 1.83. The number of carbonyl (C=O) groups is 1. The quantitative estimate of drug-likeness (QED) is 0.856. The number of nitrogens with zero attached hydrogens (tertiary/aromatic N) is 3. The van der Waals surface area contributed by atoms with Crippen molar-refractivity contribution in [3.05, 3.63) is 33.0 Å². The van der Waals surface area contributed by atoms with E-state index < -0.39 is 0 Å². The lowest BCUT2D eigenvalue weighted by molar-refractivity contribution is 0.0751. The van der Waals surface area contributed by atoms with Crippen LogP contribution in [0.2, 0.25) is 0 Å². The van der Waals surface area contributed by atoms with Crippen molar-refractivity contribution in [3.63, 3.8) is 0 Å². The van der Waals surface area contributed by atoms with Crippen molar-refractivity contribution < 1.29 is 4.79 Å². The molecule has 1 amide bonds. The van der Waals surface area contributed by atoms with Crippen LogP contribution in [0, 0.1) is 13.8 Å². The van der Waals surface area contributed by atoms with Crippen molar-refractivity contribution in [2.75, 3.05) is 31.1 Å². The molecule has 0 N–H and O–H groups in total. The van der Waals surface area contributed by atoms with E-state index in [1.54, 1.807) is 22.7 Å². The minimum Gasteiger partial charge on any atom is -0.345 e. The van der Waals surface area contributed by atoms with E-state index >= 15 is 0 Å². The summed E-state index contributed by atoms with van der Waals surface area (Å²) in [6.45, 7) is 7.40. The predicted octanol–water partition coefficient (Wildman–Crippen LogP) is 2.78. The van der Waals surface area contributed by atoms with Gasteiger partial charge in [-0.3, -0.25) is 4.79 Å². The molecule has 1 aliphatic rings. The van der Waals surface area contributed by atoms with Crippen LogP contribution in [-0.4, -0.2) is 42.0 Å². The maximum Gasteiger partial charge on any atom is 0.264 e. The second kappa shape index (κ2) is 5.54. The van der Waals surface area contributed by atoms with Gasteiger partial charge in [0.2, 0.25) is 0 Å². The van der Waals surface area contributed by atoms with Gasteiger partial charge in [0.15, 0.2) is 5.13 Å². The molecule has 0 radical (unpaired) electrons. The fraction of sp³-hybridized carbons (Fsp3) is 0.429. The summed E-state index contributed by atoms with van der Waals surface area (Å²) in [5, 5.41) is 3.05. The minimum atomic E-state index is 0.171. The van der Waals surface area contributed by atoms with Gasteiger partial charge in [0.1, 0.15) is 0 Å². The second-order valence-electron chi connectivity index (χ2n) is 4.94. The summed E-state index contributed by atoms with van der Waals surface area (Å²) >= 11 is 3.25. The van der Waals surface area contributed by atoms with Gasteiger partial charge in [0.25, 0.3) is 5.91 Å². The molecule has 0 aromatic carbocycles. The number of rotatable bonds is 2. The fourth-order valence-electron chi connectivity index (χ4n) is 2.31. The molecular weight excluding hydrogens is 290 g/mol. The monoisotopic (exact) mass is 307 g/mol. The molecule has 6 heteroatoms. The van der Waals surface area contributed by atoms with Crippen molar-refractivity contribution >= 4 is 33.7 Å². The van der Waals surface area contributed by atoms with E-state index in [0.29, 0.717) is 0 Å². The molecule has 0 saturated carbocycles. The molecule has 0 bridgehead atoms. The van der Waals surface area contributed by atoms with Crippen molar-refractivity contribution in [1.82, 2.24) is 9.88 Å². The Morgan fingerprint density at radius 2 is 2.00 bits per heavy atom. The van der Waals surface area contributed by atoms with Gasteiger partial charge in [-0.2, -0.15) is 0 Å². The van der Waals surface area contributed by atoms with Crippen LogP contribution in [0.5, 0.6) is 0 Å². The number of aryl methyl sites for hydroxylation is 2. The zero-order valence-electron chi connectivity index (χ0n) is 11.6. The summed E-state index contributed by atoms with van der Waals surface area (Å²) < 4.78 is 0. The number of aromatic nitrogens is 1. The lowest BCUT2D eigenvalue weighted by Gasteiger charge is -2.34. The van der Waals surface area contributed by atoms with Crippen LogP contribution in [0.25, 0.3) is 0 Å². The highest BCUT2D eigenvalue weighted by molar-refractivity contribution is 7.14. The molecule has 0 spiro atoms. The normalized spacial score (nSPS) is 15.7. The lowest BCUT2D eigenvalue weighted by Crippen LogP contribution is -2.48. The Balaban J connectivity index is 1.64. The third-order valence-electron chi connectivity index (χ3n) is 3.63. The summed E-state index contributed by atoms with van der Waals surface area (Å²) in [5.74, 6) is 0.171.